The van der Waals surface area contributed by atoms with E-state index in [0.717, 1.165) is 0 Å². The third kappa shape index (κ3) is 3.11. The van der Waals surface area contributed by atoms with Gasteiger partial charge in [-0.15, -0.1) is 0 Å². The maximum Gasteiger partial charge on any atom is 0.414 e. The van der Waals surface area contributed by atoms with Crippen molar-refractivity contribution < 1.29 is 17.9 Å². The smallest absolute Gasteiger partial charge is 0.364 e. The second-order valence-corrected chi connectivity index (χ2v) is 5.96. The molecule has 3 rings (SSSR count). The van der Waals surface area contributed by atoms with Crippen molar-refractivity contribution in [2.24, 2.45) is 0 Å². The van der Waals surface area contributed by atoms with Crippen molar-refractivity contribution in [3.63, 3.8) is 0 Å². The number of alkyl halides is 3. The molecule has 1 N–H and O–H groups in total. The van der Waals surface area contributed by atoms with E-state index in [1.807, 2.05) is 0 Å². The fraction of sp³-hybridized carbons (Fsp3) is 0.267. The molecule has 2 heterocycles. The van der Waals surface area contributed by atoms with E-state index in [1.54, 1.807) is 0 Å². The highest BCUT2D eigenvalue weighted by Gasteiger charge is 2.42. The van der Waals surface area contributed by atoms with Crippen LogP contribution in [0.15, 0.2) is 29.2 Å². The van der Waals surface area contributed by atoms with Gasteiger partial charge in [0.25, 0.3) is 0 Å². The van der Waals surface area contributed by atoms with Crippen molar-refractivity contribution in [3.8, 4) is 11.1 Å². The van der Waals surface area contributed by atoms with Crippen molar-refractivity contribution in [2.75, 3.05) is 0 Å². The van der Waals surface area contributed by atoms with Crippen molar-refractivity contribution in [2.45, 2.75) is 25.3 Å². The average molecular weight is 364 g/mol. The number of benzene rings is 1. The predicted octanol–water partition coefficient (Wildman–Crippen LogP) is 4.35. The van der Waals surface area contributed by atoms with Gasteiger partial charge in [0.1, 0.15) is 0 Å². The fourth-order valence-corrected chi connectivity index (χ4v) is 3.01. The molecule has 1 unspecified atom stereocenters. The predicted molar refractivity (Wildman–Crippen MR) is 80.9 cm³/mol. The van der Waals surface area contributed by atoms with Gasteiger partial charge >= 0.3 is 6.18 Å². The number of fused-ring (bicyclic) bond motifs is 3. The van der Waals surface area contributed by atoms with Crippen LogP contribution in [0.1, 0.15) is 11.1 Å². The largest absolute Gasteiger partial charge is 0.414 e. The van der Waals surface area contributed by atoms with Crippen LogP contribution in [0.25, 0.3) is 11.1 Å². The van der Waals surface area contributed by atoms with Gasteiger partial charge in [0.15, 0.2) is 6.10 Å². The third-order valence-corrected chi connectivity index (χ3v) is 4.48. The van der Waals surface area contributed by atoms with Crippen molar-refractivity contribution >= 4 is 23.2 Å². The summed E-state index contributed by atoms with van der Waals surface area (Å²) in [5.74, 6) is 0. The lowest BCUT2D eigenvalue weighted by Gasteiger charge is -2.26. The number of aromatic amines is 1. The molecule has 23 heavy (non-hydrogen) atoms. The van der Waals surface area contributed by atoms with Crippen LogP contribution in [0, 0.1) is 0 Å². The van der Waals surface area contributed by atoms with Crippen LogP contribution in [-0.4, -0.2) is 17.3 Å². The Balaban J connectivity index is 2.26. The van der Waals surface area contributed by atoms with E-state index in [4.69, 9.17) is 27.9 Å². The van der Waals surface area contributed by atoms with E-state index in [2.05, 4.69) is 4.98 Å². The summed E-state index contributed by atoms with van der Waals surface area (Å²) >= 11 is 12.2. The van der Waals surface area contributed by atoms with Gasteiger partial charge in [0.05, 0.1) is 16.7 Å². The highest BCUT2D eigenvalue weighted by Crippen LogP contribution is 2.41. The Kier molecular flexibility index (Phi) is 4.16. The van der Waals surface area contributed by atoms with Crippen LogP contribution in [0.5, 0.6) is 0 Å². The Bertz CT molecular complexity index is 817. The number of H-pyrrole nitrogens is 1. The van der Waals surface area contributed by atoms with Crippen molar-refractivity contribution in [1.29, 1.82) is 0 Å². The van der Waals surface area contributed by atoms with Crippen LogP contribution >= 0.6 is 23.2 Å². The molecule has 3 nitrogen and oxygen atoms in total. The molecule has 0 aliphatic carbocycles. The molecule has 2 aromatic rings. The minimum atomic E-state index is -4.51. The molecule has 122 valence electrons. The summed E-state index contributed by atoms with van der Waals surface area (Å²) in [7, 11) is 0. The average Bonchev–Trinajstić information content (AvgIpc) is 2.44. The number of pyridine rings is 1. The minimum Gasteiger partial charge on any atom is -0.364 e. The topological polar surface area (TPSA) is 42.1 Å². The second kappa shape index (κ2) is 5.85. The lowest BCUT2D eigenvalue weighted by Crippen LogP contribution is -2.34. The maximum atomic E-state index is 13.1. The maximum absolute atomic E-state index is 13.1. The zero-order valence-electron chi connectivity index (χ0n) is 11.5. The molecular formula is C15H10Cl2F3NO2. The normalized spacial score (nSPS) is 17.9. The summed E-state index contributed by atoms with van der Waals surface area (Å²) in [6.45, 7) is -0.293. The Morgan fingerprint density at radius 1 is 1.22 bits per heavy atom. The van der Waals surface area contributed by atoms with Crippen LogP contribution < -0.4 is 5.56 Å². The SMILES string of the molecule is O=c1cc2c(c[nH]1)COC(C(F)(F)F)Cc1ccc(Cl)c(Cl)c1-2. The summed E-state index contributed by atoms with van der Waals surface area (Å²) in [5.41, 5.74) is 1.12. The lowest BCUT2D eigenvalue weighted by atomic mass is 9.92. The zero-order valence-corrected chi connectivity index (χ0v) is 13.0. The summed E-state index contributed by atoms with van der Waals surface area (Å²) in [4.78, 5) is 14.0. The number of halogens is 5. The van der Waals surface area contributed by atoms with E-state index in [-0.39, 0.29) is 16.7 Å². The number of hydrogen-bond donors (Lipinski definition) is 1. The summed E-state index contributed by atoms with van der Waals surface area (Å²) in [5, 5.41) is 0.334. The first-order chi connectivity index (χ1) is 10.8. The van der Waals surface area contributed by atoms with Gasteiger partial charge in [-0.3, -0.25) is 4.79 Å². The van der Waals surface area contributed by atoms with E-state index < -0.39 is 24.3 Å². The summed E-state index contributed by atoms with van der Waals surface area (Å²) in [6.07, 6.45) is -5.54. The first kappa shape index (κ1) is 16.4. The summed E-state index contributed by atoms with van der Waals surface area (Å²) in [6, 6.07) is 4.19. The second-order valence-electron chi connectivity index (χ2n) is 5.18. The molecule has 0 spiro atoms. The molecule has 0 bridgehead atoms. The van der Waals surface area contributed by atoms with E-state index in [1.165, 1.54) is 24.4 Å². The number of hydrogen-bond acceptors (Lipinski definition) is 2. The van der Waals surface area contributed by atoms with Gasteiger partial charge in [-0.2, -0.15) is 13.2 Å². The molecule has 0 saturated carbocycles. The molecule has 0 amide bonds. The molecule has 1 aromatic carbocycles. The molecule has 8 heteroatoms. The molecule has 1 atom stereocenters. The van der Waals surface area contributed by atoms with Gasteiger partial charge in [-0.05, 0) is 17.2 Å². The number of nitrogens with one attached hydrogen (secondary N) is 1. The fourth-order valence-electron chi connectivity index (χ4n) is 2.56. The van der Waals surface area contributed by atoms with E-state index >= 15 is 0 Å². The Labute approximate surface area is 139 Å². The van der Waals surface area contributed by atoms with Crippen LogP contribution in [-0.2, 0) is 17.8 Å². The van der Waals surface area contributed by atoms with Gasteiger partial charge in [0, 0.05) is 29.8 Å². The highest BCUT2D eigenvalue weighted by molar-refractivity contribution is 6.43. The standard InChI is InChI=1S/C15H10Cl2F3NO2/c16-10-2-1-7-3-11(15(18,19)20)23-6-8-5-21-12(22)4-9(8)13(7)14(10)17/h1-2,4-5,11H,3,6H2,(H,21,22). The molecule has 1 aliphatic rings. The highest BCUT2D eigenvalue weighted by atomic mass is 35.5. The first-order valence-electron chi connectivity index (χ1n) is 6.64. The van der Waals surface area contributed by atoms with Crippen LogP contribution in [0.3, 0.4) is 0 Å². The van der Waals surface area contributed by atoms with Crippen LogP contribution in [0.4, 0.5) is 13.2 Å². The summed E-state index contributed by atoms with van der Waals surface area (Å²) < 4.78 is 44.4. The van der Waals surface area contributed by atoms with Gasteiger partial charge < -0.3 is 9.72 Å². The van der Waals surface area contributed by atoms with Crippen molar-refractivity contribution in [3.05, 3.63) is 55.9 Å². The Morgan fingerprint density at radius 3 is 2.65 bits per heavy atom. The minimum absolute atomic E-state index is 0.124. The number of rotatable bonds is 0. The lowest BCUT2D eigenvalue weighted by molar-refractivity contribution is -0.223. The monoisotopic (exact) mass is 363 g/mol. The molecular weight excluding hydrogens is 354 g/mol. The van der Waals surface area contributed by atoms with E-state index in [9.17, 15) is 18.0 Å². The Morgan fingerprint density at radius 2 is 1.96 bits per heavy atom. The molecule has 0 fully saturated rings. The first-order valence-corrected chi connectivity index (χ1v) is 7.40. The van der Waals surface area contributed by atoms with Gasteiger partial charge in [-0.1, -0.05) is 29.3 Å². The quantitative estimate of drug-likeness (QED) is 0.755. The number of ether oxygens (including phenoxy) is 1. The molecule has 0 radical (unpaired) electrons. The molecule has 0 saturated heterocycles. The Hall–Kier alpha value is -1.50. The number of aromatic nitrogens is 1. The van der Waals surface area contributed by atoms with Crippen LogP contribution in [0.2, 0.25) is 10.0 Å². The van der Waals surface area contributed by atoms with Gasteiger partial charge in [-0.25, -0.2) is 0 Å². The molecule has 1 aliphatic heterocycles. The van der Waals surface area contributed by atoms with Gasteiger partial charge in [0.2, 0.25) is 5.56 Å². The zero-order chi connectivity index (χ0) is 16.8. The van der Waals surface area contributed by atoms with Crippen molar-refractivity contribution in [1.82, 2.24) is 4.98 Å². The third-order valence-electron chi connectivity index (χ3n) is 3.67. The van der Waals surface area contributed by atoms with E-state index in [0.29, 0.717) is 22.3 Å². The molecule has 1 aromatic heterocycles.